The largest absolute Gasteiger partial charge is 0.416 e. The van der Waals surface area contributed by atoms with Crippen molar-refractivity contribution in [3.63, 3.8) is 0 Å². The van der Waals surface area contributed by atoms with Gasteiger partial charge in [-0.05, 0) is 68.4 Å². The first kappa shape index (κ1) is 22.3. The number of alkyl halides is 3. The molecule has 1 spiro atoms. The van der Waals surface area contributed by atoms with E-state index in [0.717, 1.165) is 49.5 Å². The number of Topliss-reactive ketones (excluding diaryl/α,β-unsaturated/α-hetero) is 1. The molecule has 5 atom stereocenters. The standard InChI is InChI=1S/C16H26O2.C8H7F3.H2/c1-10(2)13-9-18-16-7-6-11(3)8-12(16)4-5-14(17)15(13)16;1-6-2-4-7(5-3-6)8(9,10)11;/h10-13,15H,4-9H2,1-3H3;2-5H,1H3;1H/t11?,12-,13-,15?,16-;;/m1../s1. The highest BCUT2D eigenvalue weighted by Gasteiger charge is 2.60. The average molecular weight is 413 g/mol. The van der Waals surface area contributed by atoms with Crippen LogP contribution in [-0.2, 0) is 15.7 Å². The number of ether oxygens (including phenoxy) is 1. The highest BCUT2D eigenvalue weighted by molar-refractivity contribution is 5.84. The van der Waals surface area contributed by atoms with Gasteiger partial charge in [-0.1, -0.05) is 38.5 Å². The lowest BCUT2D eigenvalue weighted by Crippen LogP contribution is -2.54. The maximum Gasteiger partial charge on any atom is 0.416 e. The second-order valence-electron chi connectivity index (χ2n) is 9.60. The van der Waals surface area contributed by atoms with E-state index in [9.17, 15) is 18.0 Å². The molecule has 3 aliphatic rings. The first-order chi connectivity index (χ1) is 13.5. The number of hydrogen-bond donors (Lipinski definition) is 0. The molecule has 2 saturated carbocycles. The van der Waals surface area contributed by atoms with Crippen molar-refractivity contribution in [1.82, 2.24) is 0 Å². The highest BCUT2D eigenvalue weighted by atomic mass is 19.4. The molecule has 5 heteroatoms. The van der Waals surface area contributed by atoms with Gasteiger partial charge >= 0.3 is 6.18 Å². The van der Waals surface area contributed by atoms with Crippen LogP contribution in [0.15, 0.2) is 24.3 Å². The van der Waals surface area contributed by atoms with Crippen LogP contribution in [0, 0.1) is 36.5 Å². The summed E-state index contributed by atoms with van der Waals surface area (Å²) in [4.78, 5) is 12.4. The third-order valence-electron chi connectivity index (χ3n) is 7.23. The van der Waals surface area contributed by atoms with Gasteiger partial charge in [-0.2, -0.15) is 13.2 Å². The molecule has 1 aromatic rings. The third-order valence-corrected chi connectivity index (χ3v) is 7.23. The van der Waals surface area contributed by atoms with Crippen LogP contribution in [0.2, 0.25) is 0 Å². The highest BCUT2D eigenvalue weighted by Crippen LogP contribution is 2.56. The Bertz CT molecular complexity index is 716. The van der Waals surface area contributed by atoms with Crippen LogP contribution < -0.4 is 0 Å². The van der Waals surface area contributed by atoms with E-state index in [1.807, 2.05) is 0 Å². The summed E-state index contributed by atoms with van der Waals surface area (Å²) in [6.45, 7) is 9.41. The maximum atomic E-state index is 12.4. The summed E-state index contributed by atoms with van der Waals surface area (Å²) >= 11 is 0. The van der Waals surface area contributed by atoms with Crippen LogP contribution in [0.25, 0.3) is 0 Å². The van der Waals surface area contributed by atoms with E-state index in [0.29, 0.717) is 23.5 Å². The fourth-order valence-corrected chi connectivity index (χ4v) is 5.54. The average Bonchev–Trinajstić information content (AvgIpc) is 3.04. The summed E-state index contributed by atoms with van der Waals surface area (Å²) in [5, 5.41) is 0. The van der Waals surface area contributed by atoms with Crippen LogP contribution in [-0.4, -0.2) is 18.0 Å². The molecule has 0 aromatic heterocycles. The minimum absolute atomic E-state index is 0. The van der Waals surface area contributed by atoms with Crippen molar-refractivity contribution in [2.75, 3.05) is 6.61 Å². The van der Waals surface area contributed by atoms with Gasteiger partial charge in [-0.25, -0.2) is 0 Å². The molecule has 0 amide bonds. The van der Waals surface area contributed by atoms with Crippen LogP contribution in [0.1, 0.15) is 65.4 Å². The molecule has 2 nitrogen and oxygen atoms in total. The van der Waals surface area contributed by atoms with Gasteiger partial charge in [0.25, 0.3) is 0 Å². The Morgan fingerprint density at radius 1 is 1.17 bits per heavy atom. The molecule has 0 N–H and O–H groups in total. The Kier molecular flexibility index (Phi) is 6.47. The normalized spacial score (nSPS) is 34.3. The van der Waals surface area contributed by atoms with Gasteiger partial charge in [0, 0.05) is 7.85 Å². The van der Waals surface area contributed by atoms with Gasteiger partial charge in [0.1, 0.15) is 5.78 Å². The third kappa shape index (κ3) is 4.55. The second-order valence-corrected chi connectivity index (χ2v) is 9.60. The molecule has 1 aromatic carbocycles. The molecular formula is C24H35F3O2. The van der Waals surface area contributed by atoms with E-state index >= 15 is 0 Å². The predicted molar refractivity (Wildman–Crippen MR) is 110 cm³/mol. The molecule has 1 saturated heterocycles. The summed E-state index contributed by atoms with van der Waals surface area (Å²) in [6.07, 6.45) is 1.30. The van der Waals surface area contributed by atoms with E-state index in [1.165, 1.54) is 25.0 Å². The lowest BCUT2D eigenvalue weighted by atomic mass is 9.57. The minimum atomic E-state index is -4.21. The van der Waals surface area contributed by atoms with Crippen LogP contribution in [0.3, 0.4) is 0 Å². The first-order valence-electron chi connectivity index (χ1n) is 10.8. The van der Waals surface area contributed by atoms with Crippen molar-refractivity contribution in [3.8, 4) is 0 Å². The van der Waals surface area contributed by atoms with E-state index in [4.69, 9.17) is 4.74 Å². The van der Waals surface area contributed by atoms with Gasteiger partial charge in [-0.15, -0.1) is 0 Å². The summed E-state index contributed by atoms with van der Waals surface area (Å²) in [5.74, 6) is 3.20. The summed E-state index contributed by atoms with van der Waals surface area (Å²) < 4.78 is 42.1. The molecule has 1 heterocycles. The fourth-order valence-electron chi connectivity index (χ4n) is 5.54. The molecular weight excluding hydrogens is 377 g/mol. The summed E-state index contributed by atoms with van der Waals surface area (Å²) in [5.41, 5.74) is 0.178. The van der Waals surface area contributed by atoms with Crippen molar-refractivity contribution in [2.24, 2.45) is 29.6 Å². The van der Waals surface area contributed by atoms with Crippen molar-refractivity contribution in [2.45, 2.75) is 71.6 Å². The van der Waals surface area contributed by atoms with E-state index in [2.05, 4.69) is 20.8 Å². The zero-order valence-electron chi connectivity index (χ0n) is 17.9. The van der Waals surface area contributed by atoms with Gasteiger partial charge < -0.3 is 4.74 Å². The van der Waals surface area contributed by atoms with Gasteiger partial charge in [0.05, 0.1) is 23.7 Å². The van der Waals surface area contributed by atoms with Gasteiger partial charge in [0.2, 0.25) is 0 Å². The molecule has 164 valence electrons. The number of aryl methyl sites for hydroxylation is 1. The van der Waals surface area contributed by atoms with Crippen molar-refractivity contribution >= 4 is 5.78 Å². The molecule has 0 radical (unpaired) electrons. The van der Waals surface area contributed by atoms with Gasteiger partial charge in [-0.3, -0.25) is 4.79 Å². The number of carbonyl (C=O) groups excluding carboxylic acids is 1. The Labute approximate surface area is 173 Å². The molecule has 4 rings (SSSR count). The number of ketones is 1. The van der Waals surface area contributed by atoms with Crippen molar-refractivity contribution in [3.05, 3.63) is 35.4 Å². The summed E-state index contributed by atoms with van der Waals surface area (Å²) in [6, 6.07) is 5.05. The van der Waals surface area contributed by atoms with E-state index < -0.39 is 11.7 Å². The zero-order chi connectivity index (χ0) is 21.4. The Hall–Kier alpha value is -1.36. The lowest BCUT2D eigenvalue weighted by molar-refractivity contribution is -0.152. The molecule has 1 aliphatic heterocycles. The monoisotopic (exact) mass is 412 g/mol. The minimum Gasteiger partial charge on any atom is -0.374 e. The Balaban J connectivity index is 0.000000232. The van der Waals surface area contributed by atoms with E-state index in [1.54, 1.807) is 6.92 Å². The number of benzene rings is 1. The number of rotatable bonds is 1. The quantitative estimate of drug-likeness (QED) is 0.513. The zero-order valence-corrected chi connectivity index (χ0v) is 17.9. The topological polar surface area (TPSA) is 26.3 Å². The molecule has 3 fully saturated rings. The molecule has 2 unspecified atom stereocenters. The Morgan fingerprint density at radius 3 is 2.41 bits per heavy atom. The first-order valence-corrected chi connectivity index (χ1v) is 10.8. The second kappa shape index (κ2) is 8.41. The molecule has 0 bridgehead atoms. The van der Waals surface area contributed by atoms with E-state index in [-0.39, 0.29) is 12.9 Å². The van der Waals surface area contributed by atoms with Crippen LogP contribution in [0.4, 0.5) is 13.2 Å². The molecule has 2 aliphatic carbocycles. The predicted octanol–water partition coefficient (Wildman–Crippen LogP) is 6.70. The number of halogens is 3. The van der Waals surface area contributed by atoms with Crippen molar-refractivity contribution < 1.29 is 24.1 Å². The maximum absolute atomic E-state index is 12.4. The Morgan fingerprint density at radius 2 is 1.83 bits per heavy atom. The number of hydrogen-bond acceptors (Lipinski definition) is 2. The number of carbonyl (C=O) groups is 1. The lowest BCUT2D eigenvalue weighted by Gasteiger charge is -2.49. The summed E-state index contributed by atoms with van der Waals surface area (Å²) in [7, 11) is 0. The van der Waals surface area contributed by atoms with Crippen molar-refractivity contribution in [1.29, 1.82) is 0 Å². The SMILES string of the molecule is CC1CC[C@]23OC[C@H](C(C)C)C2C(=O)CC[C@@H]3C1.Cc1ccc(C(F)(F)F)cc1.[HH]. The van der Waals surface area contributed by atoms with Crippen LogP contribution in [0.5, 0.6) is 0 Å². The fraction of sp³-hybridized carbons (Fsp3) is 0.708. The van der Waals surface area contributed by atoms with Crippen LogP contribution >= 0.6 is 0 Å². The smallest absolute Gasteiger partial charge is 0.374 e. The van der Waals surface area contributed by atoms with Gasteiger partial charge in [0.15, 0.2) is 0 Å². The molecule has 29 heavy (non-hydrogen) atoms.